The zero-order chi connectivity index (χ0) is 32.9. The van der Waals surface area contributed by atoms with Gasteiger partial charge < -0.3 is 18.9 Å². The Labute approximate surface area is 287 Å². The summed E-state index contributed by atoms with van der Waals surface area (Å²) in [7, 11) is 0. The van der Waals surface area contributed by atoms with Crippen LogP contribution in [0, 0.1) is 11.3 Å². The van der Waals surface area contributed by atoms with Gasteiger partial charge in [-0.2, -0.15) is 5.26 Å². The Morgan fingerprint density at radius 1 is 0.440 bits per heavy atom. The van der Waals surface area contributed by atoms with Gasteiger partial charge in [0.25, 0.3) is 13.4 Å². The fourth-order valence-electron chi connectivity index (χ4n) is 7.85. The summed E-state index contributed by atoms with van der Waals surface area (Å²) in [5.41, 5.74) is 8.49. The molecule has 6 aromatic carbocycles. The summed E-state index contributed by atoms with van der Waals surface area (Å²) in [4.78, 5) is 9.70. The first-order valence-electron chi connectivity index (χ1n) is 16.4. The lowest BCUT2D eigenvalue weighted by Crippen LogP contribution is -2.57. The van der Waals surface area contributed by atoms with Gasteiger partial charge in [-0.05, 0) is 70.4 Å². The zero-order valence-corrected chi connectivity index (χ0v) is 26.3. The molecule has 9 heteroatoms. The Bertz CT molecular complexity index is 2360. The summed E-state index contributed by atoms with van der Waals surface area (Å²) in [6.07, 6.45) is 0. The number of nitriles is 1. The van der Waals surface area contributed by atoms with Crippen LogP contribution in [0.4, 0.5) is 0 Å². The van der Waals surface area contributed by atoms with Crippen LogP contribution in [0.15, 0.2) is 127 Å². The van der Waals surface area contributed by atoms with E-state index in [1.165, 1.54) is 0 Å². The Balaban J connectivity index is 1.07. The standard InChI is InChI=1S/C41H21B2N3O4/c44-22-25-21-30(23-17-35-39-36(18-23)48-32-14-6-2-10-27(32)42(39)26-9-1-5-13-31(26)47-35)46-41(45-25)24-19-37-40-38(20-24)50-34-16-8-4-12-29(34)43(40)28-11-3-7-15-33(28)49-37/h1-21H. The van der Waals surface area contributed by atoms with Crippen molar-refractivity contribution in [2.24, 2.45) is 0 Å². The highest BCUT2D eigenvalue weighted by Gasteiger charge is 2.42. The predicted molar refractivity (Wildman–Crippen MR) is 193 cm³/mol. The molecule has 50 heavy (non-hydrogen) atoms. The second-order valence-corrected chi connectivity index (χ2v) is 12.8. The van der Waals surface area contributed by atoms with E-state index < -0.39 is 0 Å². The fraction of sp³-hybridized carbons (Fsp3) is 0. The number of hydrogen-bond acceptors (Lipinski definition) is 7. The lowest BCUT2D eigenvalue weighted by Gasteiger charge is -2.33. The van der Waals surface area contributed by atoms with Gasteiger partial charge in [0.1, 0.15) is 57.8 Å². The van der Waals surface area contributed by atoms with Gasteiger partial charge >= 0.3 is 0 Å². The summed E-state index contributed by atoms with van der Waals surface area (Å²) in [6, 6.07) is 44.2. The predicted octanol–water partition coefficient (Wildman–Crippen LogP) is 5.14. The molecule has 0 spiro atoms. The Morgan fingerprint density at radius 2 is 0.820 bits per heavy atom. The molecule has 0 radical (unpaired) electrons. The molecule has 5 heterocycles. The summed E-state index contributed by atoms with van der Waals surface area (Å²) < 4.78 is 26.0. The lowest BCUT2D eigenvalue weighted by atomic mass is 9.35. The molecular weight excluding hydrogens is 620 g/mol. The zero-order valence-electron chi connectivity index (χ0n) is 26.3. The molecule has 4 aliphatic rings. The van der Waals surface area contributed by atoms with Gasteiger partial charge in [-0.3, -0.25) is 0 Å². The molecule has 0 saturated carbocycles. The molecule has 0 bridgehead atoms. The summed E-state index contributed by atoms with van der Waals surface area (Å²) in [5.74, 6) is 6.30. The van der Waals surface area contributed by atoms with Crippen molar-refractivity contribution >= 4 is 46.2 Å². The van der Waals surface area contributed by atoms with Crippen molar-refractivity contribution in [2.45, 2.75) is 0 Å². The van der Waals surface area contributed by atoms with Crippen LogP contribution in [0.3, 0.4) is 0 Å². The summed E-state index contributed by atoms with van der Waals surface area (Å²) >= 11 is 0. The Hall–Kier alpha value is -6.78. The Morgan fingerprint density at radius 3 is 1.22 bits per heavy atom. The van der Waals surface area contributed by atoms with Crippen molar-refractivity contribution in [1.82, 2.24) is 9.97 Å². The number of nitrogens with zero attached hydrogens (tertiary/aromatic N) is 3. The quantitative estimate of drug-likeness (QED) is 0.242. The van der Waals surface area contributed by atoms with Crippen molar-refractivity contribution in [1.29, 1.82) is 5.26 Å². The monoisotopic (exact) mass is 641 g/mol. The first kappa shape index (κ1) is 27.2. The molecule has 7 aromatic rings. The molecule has 0 N–H and O–H groups in total. The number of aromatic nitrogens is 2. The second-order valence-electron chi connectivity index (χ2n) is 12.8. The molecule has 0 fully saturated rings. The number of ether oxygens (including phenoxy) is 4. The van der Waals surface area contributed by atoms with Gasteiger partial charge in [-0.1, -0.05) is 72.8 Å². The van der Waals surface area contributed by atoms with Gasteiger partial charge in [0.05, 0.1) is 5.69 Å². The number of fused-ring (bicyclic) bond motifs is 8. The fourth-order valence-corrected chi connectivity index (χ4v) is 7.85. The van der Waals surface area contributed by atoms with Gasteiger partial charge in [0.15, 0.2) is 5.82 Å². The van der Waals surface area contributed by atoms with Crippen molar-refractivity contribution in [3.63, 3.8) is 0 Å². The van der Waals surface area contributed by atoms with Crippen LogP contribution >= 0.6 is 0 Å². The molecule has 7 nitrogen and oxygen atoms in total. The molecule has 0 aliphatic carbocycles. The molecule has 1 aromatic heterocycles. The van der Waals surface area contributed by atoms with Gasteiger partial charge in [-0.15, -0.1) is 0 Å². The third kappa shape index (κ3) is 3.87. The lowest BCUT2D eigenvalue weighted by molar-refractivity contribution is 0.464. The molecule has 4 aliphatic heterocycles. The van der Waals surface area contributed by atoms with Crippen LogP contribution in [0.2, 0.25) is 0 Å². The summed E-state index contributed by atoms with van der Waals surface area (Å²) in [6.45, 7) is -0.0800. The van der Waals surface area contributed by atoms with Crippen molar-refractivity contribution < 1.29 is 18.9 Å². The van der Waals surface area contributed by atoms with E-state index in [1.807, 2.05) is 97.1 Å². The number of hydrogen-bond donors (Lipinski definition) is 0. The number of benzene rings is 6. The molecule has 0 atom stereocenters. The van der Waals surface area contributed by atoms with E-state index in [-0.39, 0.29) is 19.1 Å². The third-order valence-electron chi connectivity index (χ3n) is 9.98. The van der Waals surface area contributed by atoms with Crippen molar-refractivity contribution in [2.75, 3.05) is 0 Å². The maximum absolute atomic E-state index is 10.2. The normalized spacial score (nSPS) is 13.3. The third-order valence-corrected chi connectivity index (χ3v) is 9.98. The molecule has 230 valence electrons. The minimum Gasteiger partial charge on any atom is -0.458 e. The maximum atomic E-state index is 10.2. The molecule has 0 unspecified atom stereocenters. The van der Waals surface area contributed by atoms with Gasteiger partial charge in [0, 0.05) is 28.1 Å². The smallest absolute Gasteiger partial charge is 0.260 e. The van der Waals surface area contributed by atoms with E-state index >= 15 is 0 Å². The topological polar surface area (TPSA) is 86.5 Å². The van der Waals surface area contributed by atoms with E-state index in [2.05, 4.69) is 35.3 Å². The highest BCUT2D eigenvalue weighted by Crippen LogP contribution is 2.40. The van der Waals surface area contributed by atoms with E-state index in [1.54, 1.807) is 6.07 Å². The van der Waals surface area contributed by atoms with E-state index in [9.17, 15) is 5.26 Å². The van der Waals surface area contributed by atoms with Gasteiger partial charge in [-0.25, -0.2) is 9.97 Å². The minimum atomic E-state index is -0.0440. The van der Waals surface area contributed by atoms with E-state index in [4.69, 9.17) is 23.9 Å². The van der Waals surface area contributed by atoms with Crippen LogP contribution in [0.1, 0.15) is 5.69 Å². The van der Waals surface area contributed by atoms with E-state index in [0.29, 0.717) is 40.1 Å². The van der Waals surface area contributed by atoms with Crippen LogP contribution < -0.4 is 51.7 Å². The molecule has 11 rings (SSSR count). The maximum Gasteiger partial charge on any atom is 0.260 e. The molecular formula is C41H21B2N3O4. The van der Waals surface area contributed by atoms with Gasteiger partial charge in [0.2, 0.25) is 0 Å². The van der Waals surface area contributed by atoms with Crippen molar-refractivity contribution in [3.05, 3.63) is 133 Å². The average molecular weight is 641 g/mol. The summed E-state index contributed by atoms with van der Waals surface area (Å²) in [5, 5.41) is 10.2. The van der Waals surface area contributed by atoms with Crippen LogP contribution in [-0.4, -0.2) is 23.4 Å². The highest BCUT2D eigenvalue weighted by atomic mass is 16.5. The largest absolute Gasteiger partial charge is 0.458 e. The number of para-hydroxylation sites is 4. The minimum absolute atomic E-state index is 0.0360. The highest BCUT2D eigenvalue weighted by molar-refractivity contribution is 6.99. The van der Waals surface area contributed by atoms with Crippen LogP contribution in [0.5, 0.6) is 46.0 Å². The average Bonchev–Trinajstić information content (AvgIpc) is 3.17. The SMILES string of the molecule is N#Cc1cc(-c2cc3c4c(c2)Oc2ccccc2B4c2ccccc2O3)nc(-c2cc3c4c(c2)Oc2ccccc2B4c2ccccc2O3)n1. The second kappa shape index (κ2) is 10.1. The van der Waals surface area contributed by atoms with Crippen molar-refractivity contribution in [3.8, 4) is 74.7 Å². The Kier molecular flexibility index (Phi) is 5.50. The molecule has 0 saturated heterocycles. The first-order chi connectivity index (χ1) is 24.7. The number of rotatable bonds is 2. The van der Waals surface area contributed by atoms with E-state index in [0.717, 1.165) is 61.3 Å². The molecule has 0 amide bonds. The van der Waals surface area contributed by atoms with Crippen LogP contribution in [-0.2, 0) is 0 Å². The first-order valence-corrected chi connectivity index (χ1v) is 16.4. The van der Waals surface area contributed by atoms with Crippen LogP contribution in [0.25, 0.3) is 22.6 Å².